The third-order valence-corrected chi connectivity index (χ3v) is 3.77. The van der Waals surface area contributed by atoms with Crippen LogP contribution in [0.2, 0.25) is 0 Å². The Hall–Kier alpha value is 0.100. The van der Waals surface area contributed by atoms with Crippen molar-refractivity contribution in [2.24, 2.45) is 0 Å². The second kappa shape index (κ2) is 5.85. The lowest BCUT2D eigenvalue weighted by Gasteiger charge is -2.21. The van der Waals surface area contributed by atoms with Crippen LogP contribution in [0.3, 0.4) is 0 Å². The van der Waals surface area contributed by atoms with Gasteiger partial charge in [0.2, 0.25) is 0 Å². The van der Waals surface area contributed by atoms with Crippen molar-refractivity contribution < 1.29 is 0 Å². The van der Waals surface area contributed by atoms with E-state index in [0.29, 0.717) is 6.04 Å². The molecule has 0 spiro atoms. The maximum absolute atomic E-state index is 3.58. The molecule has 0 bridgehead atoms. The first-order valence-electron chi connectivity index (χ1n) is 4.74. The summed E-state index contributed by atoms with van der Waals surface area (Å²) in [7, 11) is 4.20. The Bertz CT molecular complexity index is 273. The Labute approximate surface area is 98.4 Å². The van der Waals surface area contributed by atoms with Crippen molar-refractivity contribution in [1.82, 2.24) is 10.2 Å². The first kappa shape index (κ1) is 12.2. The van der Waals surface area contributed by atoms with Gasteiger partial charge in [-0.25, -0.2) is 0 Å². The predicted molar refractivity (Wildman–Crippen MR) is 67.0 cm³/mol. The number of hydrogen-bond donors (Lipinski definition) is 1. The molecule has 1 rings (SSSR count). The number of rotatable bonds is 5. The fourth-order valence-corrected chi connectivity index (χ4v) is 3.05. The third kappa shape index (κ3) is 3.35. The zero-order chi connectivity index (χ0) is 10.6. The zero-order valence-corrected chi connectivity index (χ0v) is 11.3. The number of hydrogen-bond acceptors (Lipinski definition) is 3. The minimum atomic E-state index is 0.427. The third-order valence-electron chi connectivity index (χ3n) is 2.02. The summed E-state index contributed by atoms with van der Waals surface area (Å²) in [6.07, 6.45) is 0. The van der Waals surface area contributed by atoms with E-state index >= 15 is 0 Å². The Morgan fingerprint density at radius 2 is 2.21 bits per heavy atom. The number of thiophene rings is 1. The molecule has 0 aliphatic heterocycles. The molecule has 0 fully saturated rings. The van der Waals surface area contributed by atoms with E-state index in [-0.39, 0.29) is 0 Å². The van der Waals surface area contributed by atoms with Crippen LogP contribution < -0.4 is 5.32 Å². The van der Waals surface area contributed by atoms with E-state index < -0.39 is 0 Å². The minimum absolute atomic E-state index is 0.427. The molecule has 0 radical (unpaired) electrons. The smallest absolute Gasteiger partial charge is 0.0468 e. The van der Waals surface area contributed by atoms with E-state index in [1.807, 2.05) is 0 Å². The summed E-state index contributed by atoms with van der Waals surface area (Å²) in [5.74, 6) is 0. The zero-order valence-electron chi connectivity index (χ0n) is 8.88. The lowest BCUT2D eigenvalue weighted by Crippen LogP contribution is -2.30. The van der Waals surface area contributed by atoms with Gasteiger partial charge in [0.05, 0.1) is 0 Å². The van der Waals surface area contributed by atoms with Crippen molar-refractivity contribution in [2.45, 2.75) is 13.0 Å². The Morgan fingerprint density at radius 1 is 1.50 bits per heavy atom. The van der Waals surface area contributed by atoms with Crippen molar-refractivity contribution >= 4 is 27.3 Å². The average molecular weight is 277 g/mol. The number of halogens is 1. The molecule has 0 aromatic carbocycles. The summed E-state index contributed by atoms with van der Waals surface area (Å²) in [6, 6.07) is 0.427. The van der Waals surface area contributed by atoms with Crippen LogP contribution in [0.4, 0.5) is 0 Å². The lowest BCUT2D eigenvalue weighted by atomic mass is 10.1. The van der Waals surface area contributed by atoms with Gasteiger partial charge in [-0.2, -0.15) is 11.3 Å². The van der Waals surface area contributed by atoms with E-state index in [1.54, 1.807) is 11.3 Å². The van der Waals surface area contributed by atoms with Gasteiger partial charge in [0.15, 0.2) is 0 Å². The molecular formula is C10H17BrN2S. The highest BCUT2D eigenvalue weighted by Crippen LogP contribution is 2.27. The van der Waals surface area contributed by atoms with Crippen molar-refractivity contribution in [2.75, 3.05) is 27.2 Å². The Morgan fingerprint density at radius 3 is 2.64 bits per heavy atom. The number of nitrogens with one attached hydrogen (secondary N) is 1. The van der Waals surface area contributed by atoms with Crippen LogP contribution in [0.1, 0.15) is 18.5 Å². The highest BCUT2D eigenvalue weighted by atomic mass is 79.9. The lowest BCUT2D eigenvalue weighted by molar-refractivity contribution is 0.345. The normalized spacial score (nSPS) is 13.5. The van der Waals surface area contributed by atoms with Gasteiger partial charge >= 0.3 is 0 Å². The summed E-state index contributed by atoms with van der Waals surface area (Å²) in [6.45, 7) is 4.17. The predicted octanol–water partition coefficient (Wildman–Crippen LogP) is 2.72. The molecule has 1 aromatic rings. The molecular weight excluding hydrogens is 260 g/mol. The van der Waals surface area contributed by atoms with Crippen molar-refractivity contribution in [3.63, 3.8) is 0 Å². The summed E-state index contributed by atoms with van der Waals surface area (Å²) < 4.78 is 1.22. The van der Waals surface area contributed by atoms with Crippen molar-refractivity contribution in [1.29, 1.82) is 0 Å². The molecule has 14 heavy (non-hydrogen) atoms. The summed E-state index contributed by atoms with van der Waals surface area (Å²) in [5, 5.41) is 7.84. The van der Waals surface area contributed by atoms with Crippen molar-refractivity contribution in [3.05, 3.63) is 20.8 Å². The molecule has 1 N–H and O–H groups in total. The van der Waals surface area contributed by atoms with Gasteiger partial charge in [-0.1, -0.05) is 6.92 Å². The van der Waals surface area contributed by atoms with E-state index in [0.717, 1.165) is 13.1 Å². The van der Waals surface area contributed by atoms with Gasteiger partial charge in [-0.15, -0.1) is 0 Å². The average Bonchev–Trinajstić information content (AvgIpc) is 2.50. The highest BCUT2D eigenvalue weighted by Gasteiger charge is 2.14. The summed E-state index contributed by atoms with van der Waals surface area (Å²) >= 11 is 5.32. The summed E-state index contributed by atoms with van der Waals surface area (Å²) in [5.41, 5.74) is 1.37. The fourth-order valence-electron chi connectivity index (χ4n) is 1.42. The van der Waals surface area contributed by atoms with Crippen LogP contribution in [0.15, 0.2) is 15.2 Å². The molecule has 0 saturated heterocycles. The molecule has 2 nitrogen and oxygen atoms in total. The Kier molecular flexibility index (Phi) is 5.09. The molecule has 1 unspecified atom stereocenters. The fraction of sp³-hybridized carbons (Fsp3) is 0.600. The first-order chi connectivity index (χ1) is 6.65. The van der Waals surface area contributed by atoms with Gasteiger partial charge < -0.3 is 10.2 Å². The molecule has 1 heterocycles. The molecule has 0 aliphatic rings. The molecule has 1 atom stereocenters. The number of likely N-dealkylation sites (N-methyl/N-ethyl adjacent to an activating group) is 2. The second-order valence-electron chi connectivity index (χ2n) is 3.55. The second-order valence-corrected chi connectivity index (χ2v) is 5.15. The molecule has 1 aromatic heterocycles. The molecule has 0 aliphatic carbocycles. The summed E-state index contributed by atoms with van der Waals surface area (Å²) in [4.78, 5) is 2.21. The van der Waals surface area contributed by atoms with Gasteiger partial charge in [0.1, 0.15) is 0 Å². The minimum Gasteiger partial charge on any atom is -0.309 e. The van der Waals surface area contributed by atoms with E-state index in [4.69, 9.17) is 0 Å². The quantitative estimate of drug-likeness (QED) is 0.890. The molecule has 0 amide bonds. The van der Waals surface area contributed by atoms with E-state index in [1.165, 1.54) is 10.0 Å². The van der Waals surface area contributed by atoms with Gasteiger partial charge in [0.25, 0.3) is 0 Å². The largest absolute Gasteiger partial charge is 0.309 e. The van der Waals surface area contributed by atoms with Gasteiger partial charge in [-0.3, -0.25) is 0 Å². The molecule has 4 heteroatoms. The highest BCUT2D eigenvalue weighted by molar-refractivity contribution is 9.10. The topological polar surface area (TPSA) is 15.3 Å². The van der Waals surface area contributed by atoms with E-state index in [9.17, 15) is 0 Å². The van der Waals surface area contributed by atoms with Crippen LogP contribution in [0.25, 0.3) is 0 Å². The maximum atomic E-state index is 3.58. The van der Waals surface area contributed by atoms with E-state index in [2.05, 4.69) is 57.9 Å². The van der Waals surface area contributed by atoms with Crippen molar-refractivity contribution in [3.8, 4) is 0 Å². The van der Waals surface area contributed by atoms with Crippen LogP contribution >= 0.6 is 27.3 Å². The maximum Gasteiger partial charge on any atom is 0.0468 e. The SMILES string of the molecule is CCNC(CN(C)C)c1cscc1Br. The van der Waals surface area contributed by atoms with Crippen LogP contribution in [0, 0.1) is 0 Å². The Balaban J connectivity index is 2.72. The first-order valence-corrected chi connectivity index (χ1v) is 6.48. The number of nitrogens with zero attached hydrogens (tertiary/aromatic N) is 1. The van der Waals surface area contributed by atoms with Gasteiger partial charge in [-0.05, 0) is 47.5 Å². The monoisotopic (exact) mass is 276 g/mol. The van der Waals surface area contributed by atoms with Crippen LogP contribution in [-0.2, 0) is 0 Å². The standard InChI is InChI=1S/C10H17BrN2S/c1-4-12-10(5-13(2)3)8-6-14-7-9(8)11/h6-7,10,12H,4-5H2,1-3H3. The van der Waals surface area contributed by atoms with Gasteiger partial charge in [0, 0.05) is 22.4 Å². The van der Waals surface area contributed by atoms with Crippen LogP contribution in [0.5, 0.6) is 0 Å². The molecule has 80 valence electrons. The molecule has 0 saturated carbocycles. The van der Waals surface area contributed by atoms with Crippen LogP contribution in [-0.4, -0.2) is 32.1 Å².